The number of ether oxygens (including phenoxy) is 3. The molecule has 1 heterocycles. The molecule has 2 aliphatic rings. The minimum Gasteiger partial charge on any atom is -0.504 e. The van der Waals surface area contributed by atoms with Gasteiger partial charge in [-0.15, -0.1) is 0 Å². The normalized spacial score (nSPS) is 26.8. The second kappa shape index (κ2) is 4.16. The molecule has 2 rings (SSSR count). The maximum Gasteiger partial charge on any atom is 0.180 e. The standard InChI is InChI=1S/C12H14O5/c1-6(13)8-9(14)12(16-3)11-7(4-5-17-11)10(8)15-2/h4-5,7,11,14H,1-3H3. The van der Waals surface area contributed by atoms with E-state index in [0.717, 1.165) is 0 Å². The predicted octanol–water partition coefficient (Wildman–Crippen LogP) is 1.43. The van der Waals surface area contributed by atoms with Crippen molar-refractivity contribution in [3.63, 3.8) is 0 Å². The molecular weight excluding hydrogens is 224 g/mol. The first-order valence-corrected chi connectivity index (χ1v) is 5.20. The van der Waals surface area contributed by atoms with Crippen molar-refractivity contribution in [2.24, 2.45) is 5.92 Å². The molecular formula is C12H14O5. The Kier molecular flexibility index (Phi) is 2.83. The van der Waals surface area contributed by atoms with Gasteiger partial charge < -0.3 is 19.3 Å². The highest BCUT2D eigenvalue weighted by Gasteiger charge is 2.43. The lowest BCUT2D eigenvalue weighted by Gasteiger charge is -2.28. The molecule has 1 N–H and O–H groups in total. The van der Waals surface area contributed by atoms with Crippen LogP contribution in [0.15, 0.2) is 35.2 Å². The highest BCUT2D eigenvalue weighted by Crippen LogP contribution is 2.40. The molecule has 0 fully saturated rings. The Hall–Kier alpha value is -1.91. The number of allylic oxidation sites excluding steroid dienone is 1. The Morgan fingerprint density at radius 2 is 2.00 bits per heavy atom. The van der Waals surface area contributed by atoms with Crippen molar-refractivity contribution in [1.29, 1.82) is 0 Å². The van der Waals surface area contributed by atoms with Gasteiger partial charge >= 0.3 is 0 Å². The van der Waals surface area contributed by atoms with Crippen molar-refractivity contribution in [2.45, 2.75) is 13.0 Å². The zero-order valence-electron chi connectivity index (χ0n) is 9.89. The molecule has 0 saturated heterocycles. The van der Waals surface area contributed by atoms with Crippen molar-refractivity contribution in [3.8, 4) is 0 Å². The van der Waals surface area contributed by atoms with Crippen LogP contribution in [0.4, 0.5) is 0 Å². The van der Waals surface area contributed by atoms with Crippen molar-refractivity contribution in [2.75, 3.05) is 14.2 Å². The summed E-state index contributed by atoms with van der Waals surface area (Å²) in [5.74, 6) is -0.0419. The SMILES string of the molecule is COC1=C(C(C)=O)C(O)=C(OC)C2OC=CC12. The van der Waals surface area contributed by atoms with Gasteiger partial charge in [0.1, 0.15) is 11.3 Å². The molecule has 0 radical (unpaired) electrons. The molecule has 1 aliphatic heterocycles. The van der Waals surface area contributed by atoms with E-state index >= 15 is 0 Å². The summed E-state index contributed by atoms with van der Waals surface area (Å²) in [4.78, 5) is 11.6. The fourth-order valence-electron chi connectivity index (χ4n) is 2.18. The van der Waals surface area contributed by atoms with Gasteiger partial charge in [-0.2, -0.15) is 0 Å². The third-order valence-electron chi connectivity index (χ3n) is 2.91. The Morgan fingerprint density at radius 3 is 2.53 bits per heavy atom. The first-order valence-electron chi connectivity index (χ1n) is 5.20. The minimum atomic E-state index is -0.460. The molecule has 0 saturated carbocycles. The number of aliphatic hydroxyl groups excluding tert-OH is 1. The summed E-state index contributed by atoms with van der Waals surface area (Å²) in [5.41, 5.74) is 0.153. The molecule has 0 amide bonds. The number of hydrogen-bond donors (Lipinski definition) is 1. The first-order chi connectivity index (χ1) is 8.11. The fraction of sp³-hybridized carbons (Fsp3) is 0.417. The maximum atomic E-state index is 11.6. The smallest absolute Gasteiger partial charge is 0.180 e. The maximum absolute atomic E-state index is 11.6. The van der Waals surface area contributed by atoms with E-state index in [1.807, 2.05) is 0 Å². The number of carbonyl (C=O) groups is 1. The van der Waals surface area contributed by atoms with Crippen LogP contribution in [-0.4, -0.2) is 31.2 Å². The van der Waals surface area contributed by atoms with Gasteiger partial charge in [-0.3, -0.25) is 4.79 Å². The van der Waals surface area contributed by atoms with Crippen LogP contribution < -0.4 is 0 Å². The quantitative estimate of drug-likeness (QED) is 0.805. The Morgan fingerprint density at radius 1 is 1.35 bits per heavy atom. The number of ketones is 1. The van der Waals surface area contributed by atoms with Crippen LogP contribution in [0.1, 0.15) is 6.92 Å². The van der Waals surface area contributed by atoms with Gasteiger partial charge in [0.05, 0.1) is 26.4 Å². The number of methoxy groups -OCH3 is 2. The third kappa shape index (κ3) is 1.58. The molecule has 5 heteroatoms. The number of carbonyl (C=O) groups excluding carboxylic acids is 1. The van der Waals surface area contributed by atoms with Crippen LogP contribution in [0.2, 0.25) is 0 Å². The zero-order valence-corrected chi connectivity index (χ0v) is 9.89. The zero-order chi connectivity index (χ0) is 12.6. The van der Waals surface area contributed by atoms with E-state index in [4.69, 9.17) is 14.2 Å². The lowest BCUT2D eigenvalue weighted by Crippen LogP contribution is -2.31. The Balaban J connectivity index is 2.60. The lowest BCUT2D eigenvalue weighted by atomic mass is 9.88. The van der Waals surface area contributed by atoms with Gasteiger partial charge in [0.2, 0.25) is 0 Å². The van der Waals surface area contributed by atoms with E-state index in [0.29, 0.717) is 5.76 Å². The molecule has 2 atom stereocenters. The Bertz CT molecular complexity index is 444. The van der Waals surface area contributed by atoms with Crippen LogP contribution in [0.3, 0.4) is 0 Å². The monoisotopic (exact) mass is 238 g/mol. The molecule has 0 aromatic carbocycles. The van der Waals surface area contributed by atoms with E-state index in [2.05, 4.69) is 0 Å². The minimum absolute atomic E-state index is 0.153. The van der Waals surface area contributed by atoms with Gasteiger partial charge in [0.15, 0.2) is 23.4 Å². The fourth-order valence-corrected chi connectivity index (χ4v) is 2.18. The molecule has 0 spiro atoms. The van der Waals surface area contributed by atoms with Crippen molar-refractivity contribution in [3.05, 3.63) is 35.2 Å². The van der Waals surface area contributed by atoms with E-state index in [1.54, 1.807) is 6.08 Å². The average Bonchev–Trinajstić information content (AvgIpc) is 2.75. The largest absolute Gasteiger partial charge is 0.504 e. The van der Waals surface area contributed by atoms with Gasteiger partial charge in [-0.25, -0.2) is 0 Å². The van der Waals surface area contributed by atoms with E-state index in [1.165, 1.54) is 27.4 Å². The van der Waals surface area contributed by atoms with Gasteiger partial charge in [0.25, 0.3) is 0 Å². The number of Topliss-reactive ketones (excluding diaryl/α,β-unsaturated/α-hetero) is 1. The van der Waals surface area contributed by atoms with E-state index in [9.17, 15) is 9.90 Å². The summed E-state index contributed by atoms with van der Waals surface area (Å²) in [5, 5.41) is 10.0. The van der Waals surface area contributed by atoms with Crippen LogP contribution >= 0.6 is 0 Å². The summed E-state index contributed by atoms with van der Waals surface area (Å²) in [6.45, 7) is 1.37. The molecule has 0 aromatic heterocycles. The molecule has 0 bridgehead atoms. The van der Waals surface area contributed by atoms with Crippen LogP contribution in [0, 0.1) is 5.92 Å². The predicted molar refractivity (Wildman–Crippen MR) is 58.9 cm³/mol. The van der Waals surface area contributed by atoms with Gasteiger partial charge in [-0.05, 0) is 13.0 Å². The van der Waals surface area contributed by atoms with Crippen molar-refractivity contribution in [1.82, 2.24) is 0 Å². The second-order valence-electron chi connectivity index (χ2n) is 3.83. The molecule has 2 unspecified atom stereocenters. The second-order valence-corrected chi connectivity index (χ2v) is 3.83. The summed E-state index contributed by atoms with van der Waals surface area (Å²) in [6.07, 6.45) is 2.83. The van der Waals surface area contributed by atoms with Crippen LogP contribution in [0.5, 0.6) is 0 Å². The summed E-state index contributed by atoms with van der Waals surface area (Å²) < 4.78 is 15.7. The Labute approximate surface area is 99.0 Å². The third-order valence-corrected chi connectivity index (χ3v) is 2.91. The highest BCUT2D eigenvalue weighted by atomic mass is 16.5. The summed E-state index contributed by atoms with van der Waals surface area (Å²) in [6, 6.07) is 0. The summed E-state index contributed by atoms with van der Waals surface area (Å²) in [7, 11) is 2.90. The van der Waals surface area contributed by atoms with Crippen LogP contribution in [0.25, 0.3) is 0 Å². The molecule has 5 nitrogen and oxygen atoms in total. The van der Waals surface area contributed by atoms with Gasteiger partial charge in [0, 0.05) is 0 Å². The van der Waals surface area contributed by atoms with E-state index < -0.39 is 6.10 Å². The first kappa shape index (κ1) is 11.6. The van der Waals surface area contributed by atoms with Gasteiger partial charge in [-0.1, -0.05) is 0 Å². The lowest BCUT2D eigenvalue weighted by molar-refractivity contribution is -0.114. The number of hydrogen-bond acceptors (Lipinski definition) is 5. The summed E-state index contributed by atoms with van der Waals surface area (Å²) >= 11 is 0. The topological polar surface area (TPSA) is 65.0 Å². The number of fused-ring (bicyclic) bond motifs is 1. The molecule has 1 aliphatic carbocycles. The van der Waals surface area contributed by atoms with Crippen LogP contribution in [-0.2, 0) is 19.0 Å². The average molecular weight is 238 g/mol. The van der Waals surface area contributed by atoms with Crippen molar-refractivity contribution < 1.29 is 24.1 Å². The highest BCUT2D eigenvalue weighted by molar-refractivity contribution is 5.98. The molecule has 92 valence electrons. The molecule has 17 heavy (non-hydrogen) atoms. The molecule has 0 aromatic rings. The number of rotatable bonds is 3. The number of aliphatic hydroxyl groups is 1. The van der Waals surface area contributed by atoms with E-state index in [-0.39, 0.29) is 28.8 Å². The van der Waals surface area contributed by atoms with Crippen molar-refractivity contribution >= 4 is 5.78 Å².